The molecule has 1 heterocycles. The predicted molar refractivity (Wildman–Crippen MR) is 104 cm³/mol. The van der Waals surface area contributed by atoms with Crippen LogP contribution >= 0.6 is 11.3 Å². The van der Waals surface area contributed by atoms with Gasteiger partial charge in [0.15, 0.2) is 0 Å². The van der Waals surface area contributed by atoms with E-state index in [9.17, 15) is 9.18 Å². The van der Waals surface area contributed by atoms with E-state index < -0.39 is 0 Å². The SMILES string of the molecule is O=C(CN[C@H](c1ccccc1)c1cccs1)NCCc1ccc(F)cc1. The molecule has 0 aliphatic carbocycles. The number of hydrogen-bond acceptors (Lipinski definition) is 3. The Balaban J connectivity index is 1.50. The molecule has 3 rings (SSSR count). The van der Waals surface area contributed by atoms with Crippen LogP contribution in [0.3, 0.4) is 0 Å². The summed E-state index contributed by atoms with van der Waals surface area (Å²) in [6, 6.07) is 20.5. The average Bonchev–Trinajstić information content (AvgIpc) is 3.19. The van der Waals surface area contributed by atoms with Crippen molar-refractivity contribution in [3.05, 3.63) is 93.9 Å². The van der Waals surface area contributed by atoms with Crippen molar-refractivity contribution >= 4 is 17.2 Å². The maximum Gasteiger partial charge on any atom is 0.233 e. The van der Waals surface area contributed by atoms with Crippen molar-refractivity contribution < 1.29 is 9.18 Å². The van der Waals surface area contributed by atoms with Gasteiger partial charge in [-0.2, -0.15) is 0 Å². The van der Waals surface area contributed by atoms with E-state index in [0.717, 1.165) is 11.1 Å². The molecule has 0 aliphatic heterocycles. The fourth-order valence-corrected chi connectivity index (χ4v) is 3.57. The van der Waals surface area contributed by atoms with Gasteiger partial charge >= 0.3 is 0 Å². The molecule has 1 amide bonds. The predicted octanol–water partition coefficient (Wildman–Crippen LogP) is 3.93. The average molecular weight is 368 g/mol. The molecule has 3 nitrogen and oxygen atoms in total. The van der Waals surface area contributed by atoms with Crippen molar-refractivity contribution in [1.82, 2.24) is 10.6 Å². The van der Waals surface area contributed by atoms with Crippen LogP contribution in [0, 0.1) is 5.82 Å². The number of amides is 1. The van der Waals surface area contributed by atoms with Crippen molar-refractivity contribution in [2.75, 3.05) is 13.1 Å². The van der Waals surface area contributed by atoms with Gasteiger partial charge in [-0.05, 0) is 41.1 Å². The van der Waals surface area contributed by atoms with Crippen molar-refractivity contribution in [2.45, 2.75) is 12.5 Å². The topological polar surface area (TPSA) is 41.1 Å². The molecule has 5 heteroatoms. The molecule has 0 unspecified atom stereocenters. The number of nitrogens with one attached hydrogen (secondary N) is 2. The van der Waals surface area contributed by atoms with E-state index in [-0.39, 0.29) is 24.3 Å². The Hall–Kier alpha value is -2.50. The number of carbonyl (C=O) groups excluding carboxylic acids is 1. The molecule has 1 atom stereocenters. The first-order valence-electron chi connectivity index (χ1n) is 8.55. The minimum Gasteiger partial charge on any atom is -0.355 e. The number of carbonyl (C=O) groups is 1. The van der Waals surface area contributed by atoms with E-state index in [0.29, 0.717) is 13.0 Å². The first-order valence-corrected chi connectivity index (χ1v) is 9.43. The lowest BCUT2D eigenvalue weighted by Gasteiger charge is -2.18. The molecule has 2 aromatic carbocycles. The number of hydrogen-bond donors (Lipinski definition) is 2. The van der Waals surface area contributed by atoms with Crippen molar-refractivity contribution in [2.24, 2.45) is 0 Å². The third-order valence-electron chi connectivity index (χ3n) is 4.08. The fraction of sp³-hybridized carbons (Fsp3) is 0.190. The Morgan fingerprint density at radius 2 is 1.77 bits per heavy atom. The summed E-state index contributed by atoms with van der Waals surface area (Å²) in [5.41, 5.74) is 2.13. The van der Waals surface area contributed by atoms with Crippen LogP contribution in [-0.2, 0) is 11.2 Å². The summed E-state index contributed by atoms with van der Waals surface area (Å²) < 4.78 is 12.9. The maximum atomic E-state index is 12.9. The molecule has 0 saturated carbocycles. The Morgan fingerprint density at radius 1 is 1.00 bits per heavy atom. The number of thiophene rings is 1. The van der Waals surface area contributed by atoms with Gasteiger partial charge in [0, 0.05) is 11.4 Å². The third kappa shape index (κ3) is 5.25. The molecule has 0 fully saturated rings. The van der Waals surface area contributed by atoms with Crippen LogP contribution in [0.1, 0.15) is 22.0 Å². The van der Waals surface area contributed by atoms with E-state index in [1.807, 2.05) is 29.6 Å². The molecular formula is C21H21FN2OS. The second-order valence-corrected chi connectivity index (χ2v) is 6.95. The summed E-state index contributed by atoms with van der Waals surface area (Å²) in [5.74, 6) is -0.299. The lowest BCUT2D eigenvalue weighted by Crippen LogP contribution is -2.36. The first kappa shape index (κ1) is 18.3. The smallest absolute Gasteiger partial charge is 0.233 e. The molecule has 134 valence electrons. The highest BCUT2D eigenvalue weighted by Gasteiger charge is 2.15. The third-order valence-corrected chi connectivity index (χ3v) is 5.01. The summed E-state index contributed by atoms with van der Waals surface area (Å²) in [7, 11) is 0. The van der Waals surface area contributed by atoms with E-state index in [1.165, 1.54) is 17.0 Å². The molecule has 0 bridgehead atoms. The molecule has 1 aromatic heterocycles. The monoisotopic (exact) mass is 368 g/mol. The van der Waals surface area contributed by atoms with Crippen LogP contribution < -0.4 is 10.6 Å². The lowest BCUT2D eigenvalue weighted by molar-refractivity contribution is -0.120. The van der Waals surface area contributed by atoms with Gasteiger partial charge in [-0.15, -0.1) is 11.3 Å². The highest BCUT2D eigenvalue weighted by Crippen LogP contribution is 2.25. The first-order chi connectivity index (χ1) is 12.7. The molecular weight excluding hydrogens is 347 g/mol. The quantitative estimate of drug-likeness (QED) is 0.633. The molecule has 0 spiro atoms. The minimum absolute atomic E-state index is 0.000881. The largest absolute Gasteiger partial charge is 0.355 e. The van der Waals surface area contributed by atoms with Gasteiger partial charge in [-0.25, -0.2) is 4.39 Å². The van der Waals surface area contributed by atoms with Crippen LogP contribution in [0.2, 0.25) is 0 Å². The minimum atomic E-state index is -0.248. The molecule has 2 N–H and O–H groups in total. The Morgan fingerprint density at radius 3 is 2.46 bits per heavy atom. The van der Waals surface area contributed by atoms with Crippen molar-refractivity contribution in [3.63, 3.8) is 0 Å². The molecule has 0 radical (unpaired) electrons. The lowest BCUT2D eigenvalue weighted by atomic mass is 10.1. The summed E-state index contributed by atoms with van der Waals surface area (Å²) in [5, 5.41) is 8.29. The summed E-state index contributed by atoms with van der Waals surface area (Å²) >= 11 is 1.67. The molecule has 3 aromatic rings. The zero-order chi connectivity index (χ0) is 18.2. The van der Waals surface area contributed by atoms with Crippen LogP contribution in [0.15, 0.2) is 72.1 Å². The van der Waals surface area contributed by atoms with Gasteiger partial charge in [0.25, 0.3) is 0 Å². The highest BCUT2D eigenvalue weighted by molar-refractivity contribution is 7.10. The van der Waals surface area contributed by atoms with E-state index >= 15 is 0 Å². The van der Waals surface area contributed by atoms with E-state index in [1.54, 1.807) is 23.5 Å². The van der Waals surface area contributed by atoms with Crippen LogP contribution in [0.25, 0.3) is 0 Å². The van der Waals surface area contributed by atoms with Crippen LogP contribution in [0.4, 0.5) is 4.39 Å². The second-order valence-electron chi connectivity index (χ2n) is 5.97. The number of benzene rings is 2. The molecule has 0 aliphatic rings. The van der Waals surface area contributed by atoms with Crippen LogP contribution in [-0.4, -0.2) is 19.0 Å². The second kappa shape index (κ2) is 9.27. The van der Waals surface area contributed by atoms with E-state index in [4.69, 9.17) is 0 Å². The molecule has 26 heavy (non-hydrogen) atoms. The van der Waals surface area contributed by atoms with Crippen molar-refractivity contribution in [1.29, 1.82) is 0 Å². The zero-order valence-electron chi connectivity index (χ0n) is 14.3. The maximum absolute atomic E-state index is 12.9. The van der Waals surface area contributed by atoms with Gasteiger partial charge < -0.3 is 5.32 Å². The van der Waals surface area contributed by atoms with Crippen molar-refractivity contribution in [3.8, 4) is 0 Å². The molecule has 0 saturated heterocycles. The summed E-state index contributed by atoms with van der Waals surface area (Å²) in [6.45, 7) is 0.766. The fourth-order valence-electron chi connectivity index (χ4n) is 2.74. The van der Waals surface area contributed by atoms with Gasteiger partial charge in [0.1, 0.15) is 5.82 Å². The standard InChI is InChI=1S/C21H21FN2OS/c22-18-10-8-16(9-11-18)12-13-23-20(25)15-24-21(19-7-4-14-26-19)17-5-2-1-3-6-17/h1-11,14,21,24H,12-13,15H2,(H,23,25)/t21-/m1/s1. The van der Waals surface area contributed by atoms with E-state index in [2.05, 4.69) is 28.8 Å². The van der Waals surface area contributed by atoms with Gasteiger partial charge in [-0.1, -0.05) is 48.5 Å². The van der Waals surface area contributed by atoms with Gasteiger partial charge in [0.05, 0.1) is 12.6 Å². The number of rotatable bonds is 8. The summed E-state index contributed by atoms with van der Waals surface area (Å²) in [6.07, 6.45) is 0.680. The summed E-state index contributed by atoms with van der Waals surface area (Å²) in [4.78, 5) is 13.3. The van der Waals surface area contributed by atoms with Gasteiger partial charge in [-0.3, -0.25) is 10.1 Å². The zero-order valence-corrected chi connectivity index (χ0v) is 15.1. The normalized spacial score (nSPS) is 11.9. The Bertz CT molecular complexity index is 804. The number of halogens is 1. The Labute approximate surface area is 156 Å². The van der Waals surface area contributed by atoms with Crippen LogP contribution in [0.5, 0.6) is 0 Å². The van der Waals surface area contributed by atoms with Gasteiger partial charge in [0.2, 0.25) is 5.91 Å². The highest BCUT2D eigenvalue weighted by atomic mass is 32.1. The Kier molecular flexibility index (Phi) is 6.52.